The number of benzene rings is 1. The highest BCUT2D eigenvalue weighted by Gasteiger charge is 2.07. The lowest BCUT2D eigenvalue weighted by atomic mass is 10.1. The number of hydrogen-bond acceptors (Lipinski definition) is 2. The van der Waals surface area contributed by atoms with Crippen molar-refractivity contribution < 1.29 is 0 Å². The lowest BCUT2D eigenvalue weighted by Gasteiger charge is -2.11. The number of guanidine groups is 1. The molecule has 3 aromatic rings. The molecule has 28 heavy (non-hydrogen) atoms. The summed E-state index contributed by atoms with van der Waals surface area (Å²) in [7, 11) is 0. The summed E-state index contributed by atoms with van der Waals surface area (Å²) in [6.45, 7) is 6.56. The first-order valence-corrected chi connectivity index (χ1v) is 9.74. The Morgan fingerprint density at radius 3 is 2.71 bits per heavy atom. The molecule has 0 amide bonds. The average molecular weight is 512 g/mol. The molecule has 0 spiro atoms. The number of aliphatic imine (C=N–C) groups is 1. The quantitative estimate of drug-likeness (QED) is 0.190. The van der Waals surface area contributed by atoms with Gasteiger partial charge in [0.05, 0.1) is 0 Å². The zero-order valence-electron chi connectivity index (χ0n) is 16.3. The molecule has 3 N–H and O–H groups in total. The molecule has 0 unspecified atom stereocenters. The van der Waals surface area contributed by atoms with Crippen LogP contribution >= 0.6 is 35.6 Å². The fourth-order valence-corrected chi connectivity index (χ4v) is 3.27. The first-order valence-electron chi connectivity index (χ1n) is 9.36. The molecule has 0 saturated carbocycles. The van der Waals surface area contributed by atoms with Gasteiger partial charge in [-0.15, -0.1) is 24.0 Å². The summed E-state index contributed by atoms with van der Waals surface area (Å²) < 4.78 is 0. The topological polar surface area (TPSA) is 65.1 Å². The van der Waals surface area contributed by atoms with Gasteiger partial charge in [0.1, 0.15) is 5.15 Å². The van der Waals surface area contributed by atoms with E-state index in [4.69, 9.17) is 16.6 Å². The predicted molar refractivity (Wildman–Crippen MR) is 129 cm³/mol. The zero-order chi connectivity index (χ0) is 19.1. The van der Waals surface area contributed by atoms with Crippen LogP contribution in [0.2, 0.25) is 5.15 Å². The second-order valence-electron chi connectivity index (χ2n) is 6.45. The number of rotatable bonds is 7. The number of pyridine rings is 1. The van der Waals surface area contributed by atoms with Gasteiger partial charge in [0.25, 0.3) is 0 Å². The Morgan fingerprint density at radius 2 is 1.96 bits per heavy atom. The van der Waals surface area contributed by atoms with Crippen LogP contribution in [-0.2, 0) is 12.8 Å². The van der Waals surface area contributed by atoms with Gasteiger partial charge in [0.2, 0.25) is 0 Å². The van der Waals surface area contributed by atoms with Crippen LogP contribution in [-0.4, -0.2) is 35.6 Å². The zero-order valence-corrected chi connectivity index (χ0v) is 19.3. The van der Waals surface area contributed by atoms with E-state index in [-0.39, 0.29) is 24.0 Å². The minimum Gasteiger partial charge on any atom is -0.358 e. The second kappa shape index (κ2) is 11.3. The Kier molecular flexibility index (Phi) is 9.05. The van der Waals surface area contributed by atoms with E-state index in [1.807, 2.05) is 18.3 Å². The minimum atomic E-state index is 0. The van der Waals surface area contributed by atoms with Crippen molar-refractivity contribution in [2.75, 3.05) is 19.6 Å². The molecular weight excluding hydrogens is 485 g/mol. The summed E-state index contributed by atoms with van der Waals surface area (Å²) >= 11 is 5.83. The van der Waals surface area contributed by atoms with Crippen LogP contribution in [0.15, 0.2) is 47.6 Å². The third-order valence-corrected chi connectivity index (χ3v) is 4.72. The molecule has 5 nitrogen and oxygen atoms in total. The Labute approximate surface area is 188 Å². The highest BCUT2D eigenvalue weighted by molar-refractivity contribution is 14.0. The van der Waals surface area contributed by atoms with Crippen LogP contribution in [0.5, 0.6) is 0 Å². The predicted octanol–water partition coefficient (Wildman–Crippen LogP) is 4.48. The molecule has 2 aromatic heterocycles. The van der Waals surface area contributed by atoms with E-state index in [2.05, 4.69) is 58.7 Å². The number of para-hydroxylation sites is 1. The summed E-state index contributed by atoms with van der Waals surface area (Å²) in [6.07, 6.45) is 3.59. The lowest BCUT2D eigenvalue weighted by Crippen LogP contribution is -2.38. The van der Waals surface area contributed by atoms with E-state index in [1.54, 1.807) is 0 Å². The number of H-pyrrole nitrogens is 1. The van der Waals surface area contributed by atoms with Gasteiger partial charge >= 0.3 is 0 Å². The third-order valence-electron chi connectivity index (χ3n) is 4.50. The monoisotopic (exact) mass is 511 g/mol. The molecular formula is C21H27ClIN5. The van der Waals surface area contributed by atoms with Crippen molar-refractivity contribution in [1.29, 1.82) is 0 Å². The number of halogens is 2. The number of nitrogens with one attached hydrogen (secondary N) is 3. The highest BCUT2D eigenvalue weighted by atomic mass is 127. The fraction of sp³-hybridized carbons (Fsp3) is 0.333. The number of aryl methyl sites for hydroxylation is 1. The van der Waals surface area contributed by atoms with Crippen molar-refractivity contribution in [3.05, 3.63) is 64.6 Å². The molecule has 0 aliphatic heterocycles. The van der Waals surface area contributed by atoms with Gasteiger partial charge in [-0.25, -0.2) is 4.98 Å². The van der Waals surface area contributed by atoms with E-state index < -0.39 is 0 Å². The summed E-state index contributed by atoms with van der Waals surface area (Å²) in [5.41, 5.74) is 4.91. The van der Waals surface area contributed by atoms with E-state index in [0.717, 1.165) is 44.0 Å². The van der Waals surface area contributed by atoms with Gasteiger partial charge < -0.3 is 15.6 Å². The molecule has 2 heterocycles. The van der Waals surface area contributed by atoms with Crippen LogP contribution in [0, 0.1) is 6.92 Å². The fourth-order valence-electron chi connectivity index (χ4n) is 3.16. The van der Waals surface area contributed by atoms with E-state index in [9.17, 15) is 0 Å². The number of aromatic amines is 1. The molecule has 0 fully saturated rings. The largest absolute Gasteiger partial charge is 0.358 e. The molecule has 150 valence electrons. The van der Waals surface area contributed by atoms with Crippen LogP contribution in [0.25, 0.3) is 10.9 Å². The van der Waals surface area contributed by atoms with Crippen molar-refractivity contribution in [2.24, 2.45) is 4.99 Å². The lowest BCUT2D eigenvalue weighted by molar-refractivity contribution is 0.795. The minimum absolute atomic E-state index is 0. The van der Waals surface area contributed by atoms with Crippen LogP contribution in [0.1, 0.15) is 23.7 Å². The SMILES string of the molecule is CCNC(=NCCc1c(C)[nH]c2ccccc12)NCCc1ccc(Cl)nc1.I. The van der Waals surface area contributed by atoms with E-state index in [0.29, 0.717) is 5.15 Å². The summed E-state index contributed by atoms with van der Waals surface area (Å²) in [4.78, 5) is 12.3. The molecule has 7 heteroatoms. The number of fused-ring (bicyclic) bond motifs is 1. The van der Waals surface area contributed by atoms with Gasteiger partial charge in [-0.05, 0) is 49.9 Å². The van der Waals surface area contributed by atoms with Crippen molar-refractivity contribution in [3.8, 4) is 0 Å². The van der Waals surface area contributed by atoms with Gasteiger partial charge in [-0.1, -0.05) is 35.9 Å². The molecule has 1 aromatic carbocycles. The van der Waals surface area contributed by atoms with Crippen molar-refractivity contribution >= 4 is 52.4 Å². The maximum absolute atomic E-state index is 5.83. The average Bonchev–Trinajstić information content (AvgIpc) is 2.99. The van der Waals surface area contributed by atoms with Crippen LogP contribution in [0.3, 0.4) is 0 Å². The number of hydrogen-bond donors (Lipinski definition) is 3. The maximum atomic E-state index is 5.83. The molecule has 0 aliphatic rings. The van der Waals surface area contributed by atoms with Gasteiger partial charge in [-0.2, -0.15) is 0 Å². The van der Waals surface area contributed by atoms with Crippen molar-refractivity contribution in [3.63, 3.8) is 0 Å². The third kappa shape index (κ3) is 6.10. The van der Waals surface area contributed by atoms with Crippen molar-refractivity contribution in [1.82, 2.24) is 20.6 Å². The van der Waals surface area contributed by atoms with Crippen molar-refractivity contribution in [2.45, 2.75) is 26.7 Å². The van der Waals surface area contributed by atoms with E-state index in [1.165, 1.54) is 22.2 Å². The molecule has 3 rings (SSSR count). The van der Waals surface area contributed by atoms with Crippen LogP contribution < -0.4 is 10.6 Å². The van der Waals surface area contributed by atoms with Gasteiger partial charge in [0.15, 0.2) is 5.96 Å². The normalized spacial score (nSPS) is 11.3. The highest BCUT2D eigenvalue weighted by Crippen LogP contribution is 2.22. The molecule has 0 atom stereocenters. The first-order chi connectivity index (χ1) is 13.2. The first kappa shape index (κ1) is 22.5. The molecule has 0 aliphatic carbocycles. The summed E-state index contributed by atoms with van der Waals surface area (Å²) in [5.74, 6) is 0.844. The van der Waals surface area contributed by atoms with Gasteiger partial charge in [-0.3, -0.25) is 4.99 Å². The summed E-state index contributed by atoms with van der Waals surface area (Å²) in [6, 6.07) is 12.2. The Morgan fingerprint density at radius 1 is 1.14 bits per heavy atom. The van der Waals surface area contributed by atoms with E-state index >= 15 is 0 Å². The molecule has 0 bridgehead atoms. The Hall–Kier alpha value is -1.80. The second-order valence-corrected chi connectivity index (χ2v) is 6.84. The number of aromatic nitrogens is 2. The smallest absolute Gasteiger partial charge is 0.191 e. The Bertz CT molecular complexity index is 905. The summed E-state index contributed by atoms with van der Waals surface area (Å²) in [5, 5.41) is 8.50. The standard InChI is InChI=1S/C21H26ClN5.HI/c1-3-23-21(24-12-10-16-8-9-20(22)26-14-16)25-13-11-17-15(2)27-19-7-5-4-6-18(17)19;/h4-9,14,27H,3,10-13H2,1-2H3,(H2,23,24,25);1H. The van der Waals surface area contributed by atoms with Gasteiger partial charge in [0, 0.05) is 42.4 Å². The van der Waals surface area contributed by atoms with Crippen LogP contribution in [0.4, 0.5) is 0 Å². The number of nitrogens with zero attached hydrogens (tertiary/aromatic N) is 2. The molecule has 0 saturated heterocycles. The maximum Gasteiger partial charge on any atom is 0.191 e. The Balaban J connectivity index is 0.00000280. The molecule has 0 radical (unpaired) electrons.